The molecule has 2 N–H and O–H groups in total. The van der Waals surface area contributed by atoms with Crippen molar-refractivity contribution in [3.8, 4) is 0 Å². The maximum Gasteiger partial charge on any atom is 0.240 e. The Balaban J connectivity index is 1.83. The van der Waals surface area contributed by atoms with Crippen LogP contribution in [0.2, 0.25) is 0 Å². The van der Waals surface area contributed by atoms with Crippen LogP contribution in [0.5, 0.6) is 0 Å². The molecule has 1 unspecified atom stereocenters. The molecule has 3 rings (SSSR count). The fourth-order valence-corrected chi connectivity index (χ4v) is 4.86. The minimum absolute atomic E-state index is 0.0326. The Morgan fingerprint density at radius 3 is 2.83 bits per heavy atom. The fraction of sp³-hybridized carbons (Fsp3) is 0.562. The van der Waals surface area contributed by atoms with Crippen LogP contribution in [-0.2, 0) is 15.4 Å². The first-order valence-electron chi connectivity index (χ1n) is 7.90. The van der Waals surface area contributed by atoms with Crippen LogP contribution in [0, 0.1) is 0 Å². The highest BCUT2D eigenvalue weighted by atomic mass is 32.2. The van der Waals surface area contributed by atoms with Gasteiger partial charge in [-0.1, -0.05) is 20.8 Å². The maximum absolute atomic E-state index is 12.5. The van der Waals surface area contributed by atoms with Gasteiger partial charge in [-0.15, -0.1) is 11.3 Å². The SMILES string of the molecule is CC(C)(C)c1nc2ccc(S(=O)(=O)NCC3CCCN3)cc2s1. The highest BCUT2D eigenvalue weighted by Crippen LogP contribution is 2.32. The summed E-state index contributed by atoms with van der Waals surface area (Å²) < 4.78 is 28.6. The molecule has 1 fully saturated rings. The average Bonchev–Trinajstić information content (AvgIpc) is 3.13. The number of aromatic nitrogens is 1. The summed E-state index contributed by atoms with van der Waals surface area (Å²) in [7, 11) is -3.48. The first-order valence-corrected chi connectivity index (χ1v) is 10.2. The fourth-order valence-electron chi connectivity index (χ4n) is 2.62. The lowest BCUT2D eigenvalue weighted by atomic mass is 9.98. The second-order valence-electron chi connectivity index (χ2n) is 7.04. The van der Waals surface area contributed by atoms with Gasteiger partial charge in [0.05, 0.1) is 20.1 Å². The molecule has 1 aliphatic rings. The van der Waals surface area contributed by atoms with Crippen molar-refractivity contribution in [2.45, 2.75) is 50.0 Å². The van der Waals surface area contributed by atoms with Crippen LogP contribution in [-0.4, -0.2) is 32.5 Å². The third kappa shape index (κ3) is 3.74. The Hall–Kier alpha value is -1.02. The first kappa shape index (κ1) is 16.8. The Morgan fingerprint density at radius 2 is 2.17 bits per heavy atom. The van der Waals surface area contributed by atoms with Crippen LogP contribution in [0.15, 0.2) is 23.1 Å². The van der Waals surface area contributed by atoms with Gasteiger partial charge in [-0.2, -0.15) is 0 Å². The minimum atomic E-state index is -3.48. The predicted molar refractivity (Wildman–Crippen MR) is 94.5 cm³/mol. The van der Waals surface area contributed by atoms with Gasteiger partial charge in [0.2, 0.25) is 10.0 Å². The van der Waals surface area contributed by atoms with E-state index in [0.29, 0.717) is 11.4 Å². The van der Waals surface area contributed by atoms with E-state index in [1.54, 1.807) is 29.5 Å². The smallest absolute Gasteiger partial charge is 0.240 e. The number of nitrogens with zero attached hydrogens (tertiary/aromatic N) is 1. The summed E-state index contributed by atoms with van der Waals surface area (Å²) in [6.45, 7) is 7.74. The summed E-state index contributed by atoms with van der Waals surface area (Å²) in [5, 5.41) is 4.31. The van der Waals surface area contributed by atoms with Crippen molar-refractivity contribution in [1.29, 1.82) is 0 Å². The Labute approximate surface area is 141 Å². The molecule has 126 valence electrons. The van der Waals surface area contributed by atoms with Gasteiger partial charge in [0.25, 0.3) is 0 Å². The van der Waals surface area contributed by atoms with Gasteiger partial charge in [0.1, 0.15) is 0 Å². The highest BCUT2D eigenvalue weighted by Gasteiger charge is 2.22. The Bertz CT molecular complexity index is 800. The van der Waals surface area contributed by atoms with Crippen molar-refractivity contribution in [3.05, 3.63) is 23.2 Å². The van der Waals surface area contributed by atoms with Gasteiger partial charge in [-0.05, 0) is 37.6 Å². The average molecular weight is 354 g/mol. The molecule has 0 saturated carbocycles. The zero-order chi connectivity index (χ0) is 16.7. The molecule has 0 aliphatic carbocycles. The summed E-state index contributed by atoms with van der Waals surface area (Å²) in [5.74, 6) is 0. The van der Waals surface area contributed by atoms with Crippen molar-refractivity contribution < 1.29 is 8.42 Å². The lowest BCUT2D eigenvalue weighted by Gasteiger charge is -2.13. The van der Waals surface area contributed by atoms with Crippen LogP contribution < -0.4 is 10.0 Å². The zero-order valence-corrected chi connectivity index (χ0v) is 15.4. The molecule has 2 heterocycles. The van der Waals surface area contributed by atoms with E-state index < -0.39 is 10.0 Å². The standard InChI is InChI=1S/C16H23N3O2S2/c1-16(2,3)15-19-13-7-6-12(9-14(13)22-15)23(20,21)18-10-11-5-4-8-17-11/h6-7,9,11,17-18H,4-5,8,10H2,1-3H3. The molecule has 23 heavy (non-hydrogen) atoms. The lowest BCUT2D eigenvalue weighted by molar-refractivity contribution is 0.552. The first-order chi connectivity index (χ1) is 10.8. The number of rotatable bonds is 4. The van der Waals surface area contributed by atoms with Crippen molar-refractivity contribution in [3.63, 3.8) is 0 Å². The van der Waals surface area contributed by atoms with Crippen molar-refractivity contribution >= 4 is 31.6 Å². The molecule has 2 aromatic rings. The molecular formula is C16H23N3O2S2. The summed E-state index contributed by atoms with van der Waals surface area (Å²) in [5.41, 5.74) is 0.825. The van der Waals surface area contributed by atoms with E-state index >= 15 is 0 Å². The van der Waals surface area contributed by atoms with E-state index in [1.807, 2.05) is 0 Å². The second-order valence-corrected chi connectivity index (χ2v) is 9.84. The topological polar surface area (TPSA) is 71.1 Å². The van der Waals surface area contributed by atoms with E-state index in [-0.39, 0.29) is 11.5 Å². The quantitative estimate of drug-likeness (QED) is 0.886. The van der Waals surface area contributed by atoms with Gasteiger partial charge < -0.3 is 5.32 Å². The van der Waals surface area contributed by atoms with Gasteiger partial charge in [0, 0.05) is 18.0 Å². The van der Waals surface area contributed by atoms with Crippen LogP contribution in [0.25, 0.3) is 10.2 Å². The number of benzene rings is 1. The number of thiazole rings is 1. The number of sulfonamides is 1. The van der Waals surface area contributed by atoms with Crippen LogP contribution in [0.4, 0.5) is 0 Å². The third-order valence-electron chi connectivity index (χ3n) is 3.99. The monoisotopic (exact) mass is 353 g/mol. The van der Waals surface area contributed by atoms with Crippen molar-refractivity contribution in [2.75, 3.05) is 13.1 Å². The maximum atomic E-state index is 12.5. The molecule has 7 heteroatoms. The summed E-state index contributed by atoms with van der Waals surface area (Å²) in [6, 6.07) is 5.40. The molecule has 1 aliphatic heterocycles. The molecule has 0 spiro atoms. The molecule has 0 amide bonds. The van der Waals surface area contributed by atoms with E-state index in [9.17, 15) is 8.42 Å². The summed E-state index contributed by atoms with van der Waals surface area (Å²) >= 11 is 1.56. The number of fused-ring (bicyclic) bond motifs is 1. The molecule has 1 aromatic heterocycles. The van der Waals surface area contributed by atoms with Gasteiger partial charge in [0.15, 0.2) is 0 Å². The normalized spacial score (nSPS) is 19.5. The minimum Gasteiger partial charge on any atom is -0.313 e. The largest absolute Gasteiger partial charge is 0.313 e. The molecule has 1 aromatic carbocycles. The van der Waals surface area contributed by atoms with Gasteiger partial charge in [-0.25, -0.2) is 18.1 Å². The van der Waals surface area contributed by atoms with Gasteiger partial charge in [-0.3, -0.25) is 0 Å². The molecule has 0 radical (unpaired) electrons. The molecule has 1 saturated heterocycles. The van der Waals surface area contributed by atoms with Crippen molar-refractivity contribution in [2.24, 2.45) is 0 Å². The van der Waals surface area contributed by atoms with E-state index in [0.717, 1.165) is 34.6 Å². The highest BCUT2D eigenvalue weighted by molar-refractivity contribution is 7.89. The third-order valence-corrected chi connectivity index (χ3v) is 6.86. The van der Waals surface area contributed by atoms with Crippen molar-refractivity contribution in [1.82, 2.24) is 15.0 Å². The molecule has 0 bridgehead atoms. The van der Waals surface area contributed by atoms with Crippen LogP contribution >= 0.6 is 11.3 Å². The van der Waals surface area contributed by atoms with Crippen LogP contribution in [0.1, 0.15) is 38.6 Å². The summed E-state index contributed by atoms with van der Waals surface area (Å²) in [4.78, 5) is 4.92. The predicted octanol–water partition coefficient (Wildman–Crippen LogP) is 2.62. The zero-order valence-electron chi connectivity index (χ0n) is 13.7. The molecule has 5 nitrogen and oxygen atoms in total. The molecule has 1 atom stereocenters. The number of nitrogens with one attached hydrogen (secondary N) is 2. The lowest BCUT2D eigenvalue weighted by Crippen LogP contribution is -2.37. The number of hydrogen-bond donors (Lipinski definition) is 2. The Morgan fingerprint density at radius 1 is 1.39 bits per heavy atom. The number of hydrogen-bond acceptors (Lipinski definition) is 5. The van der Waals surface area contributed by atoms with Crippen LogP contribution in [0.3, 0.4) is 0 Å². The van der Waals surface area contributed by atoms with E-state index in [1.165, 1.54) is 0 Å². The van der Waals surface area contributed by atoms with E-state index in [4.69, 9.17) is 0 Å². The van der Waals surface area contributed by atoms with E-state index in [2.05, 4.69) is 35.8 Å². The second kappa shape index (κ2) is 6.12. The van der Waals surface area contributed by atoms with Gasteiger partial charge >= 0.3 is 0 Å². The molecular weight excluding hydrogens is 330 g/mol. The summed E-state index contributed by atoms with van der Waals surface area (Å²) in [6.07, 6.45) is 2.13. The Kier molecular flexibility index (Phi) is 4.48.